The van der Waals surface area contributed by atoms with Crippen molar-refractivity contribution < 1.29 is 4.39 Å². The van der Waals surface area contributed by atoms with Crippen LogP contribution in [0.25, 0.3) is 0 Å². The van der Waals surface area contributed by atoms with Crippen LogP contribution in [0.15, 0.2) is 40.9 Å². The van der Waals surface area contributed by atoms with E-state index in [2.05, 4.69) is 4.99 Å². The molecule has 0 aliphatic rings. The van der Waals surface area contributed by atoms with E-state index in [-0.39, 0.29) is 5.82 Å². The predicted octanol–water partition coefficient (Wildman–Crippen LogP) is 3.60. The summed E-state index contributed by atoms with van der Waals surface area (Å²) in [6.45, 7) is 6.56. The number of halogens is 1. The fraction of sp³-hybridized carbons (Fsp3) is 0.308. The molecule has 1 aromatic rings. The Balaban J connectivity index is 3.17. The predicted molar refractivity (Wildman–Crippen MR) is 62.9 cm³/mol. The highest BCUT2D eigenvalue weighted by Gasteiger charge is 2.05. The van der Waals surface area contributed by atoms with Crippen molar-refractivity contribution in [2.24, 2.45) is 4.99 Å². The molecule has 0 aliphatic heterocycles. The molecule has 80 valence electrons. The van der Waals surface area contributed by atoms with Crippen LogP contribution in [0, 0.1) is 5.82 Å². The molecule has 0 bridgehead atoms. The number of hydrogen-bond donors (Lipinski definition) is 0. The van der Waals surface area contributed by atoms with E-state index in [1.807, 2.05) is 32.9 Å². The van der Waals surface area contributed by atoms with E-state index in [4.69, 9.17) is 0 Å². The van der Waals surface area contributed by atoms with Crippen LogP contribution in [0.5, 0.6) is 0 Å². The van der Waals surface area contributed by atoms with E-state index in [1.165, 1.54) is 6.07 Å². The summed E-state index contributed by atoms with van der Waals surface area (Å²) in [5, 5.41) is 0. The van der Waals surface area contributed by atoms with Crippen molar-refractivity contribution in [2.75, 3.05) is 6.54 Å². The Hall–Kier alpha value is -1.44. The van der Waals surface area contributed by atoms with Crippen molar-refractivity contribution in [3.63, 3.8) is 0 Å². The van der Waals surface area contributed by atoms with Crippen LogP contribution in [0.1, 0.15) is 26.3 Å². The number of rotatable bonds is 3. The van der Waals surface area contributed by atoms with Gasteiger partial charge in [-0.25, -0.2) is 4.39 Å². The fourth-order valence-corrected chi connectivity index (χ4v) is 1.32. The summed E-state index contributed by atoms with van der Waals surface area (Å²) >= 11 is 0. The monoisotopic (exact) mass is 205 g/mol. The Kier molecular flexibility index (Phi) is 4.22. The topological polar surface area (TPSA) is 12.4 Å². The molecule has 0 N–H and O–H groups in total. The Labute approximate surface area is 90.4 Å². The van der Waals surface area contributed by atoms with Gasteiger partial charge in [0, 0.05) is 12.1 Å². The van der Waals surface area contributed by atoms with Crippen molar-refractivity contribution >= 4 is 5.71 Å². The fourth-order valence-electron chi connectivity index (χ4n) is 1.32. The molecule has 0 heterocycles. The summed E-state index contributed by atoms with van der Waals surface area (Å²) in [5.74, 6) is -0.220. The first-order valence-electron chi connectivity index (χ1n) is 5.09. The summed E-state index contributed by atoms with van der Waals surface area (Å²) in [5.41, 5.74) is 2.40. The molecule has 0 fully saturated rings. The van der Waals surface area contributed by atoms with Crippen LogP contribution in [0.4, 0.5) is 4.39 Å². The van der Waals surface area contributed by atoms with Crippen molar-refractivity contribution in [3.05, 3.63) is 47.3 Å². The minimum atomic E-state index is -0.220. The van der Waals surface area contributed by atoms with Gasteiger partial charge in [-0.15, -0.1) is 0 Å². The molecule has 0 atom stereocenters. The van der Waals surface area contributed by atoms with Gasteiger partial charge in [0.1, 0.15) is 5.82 Å². The molecule has 0 aliphatic carbocycles. The largest absolute Gasteiger partial charge is 0.285 e. The lowest BCUT2D eigenvalue weighted by molar-refractivity contribution is 0.625. The second-order valence-corrected chi connectivity index (χ2v) is 3.56. The lowest BCUT2D eigenvalue weighted by Gasteiger charge is -2.03. The molecule has 1 rings (SSSR count). The van der Waals surface area contributed by atoms with Crippen LogP contribution in [0.3, 0.4) is 0 Å². The van der Waals surface area contributed by atoms with Crippen LogP contribution >= 0.6 is 0 Å². The van der Waals surface area contributed by atoms with E-state index in [9.17, 15) is 4.39 Å². The molecule has 0 radical (unpaired) electrons. The van der Waals surface area contributed by atoms with E-state index in [1.54, 1.807) is 12.1 Å². The molecule has 0 unspecified atom stereocenters. The lowest BCUT2D eigenvalue weighted by atomic mass is 10.1. The van der Waals surface area contributed by atoms with Gasteiger partial charge in [-0.05, 0) is 39.0 Å². The summed E-state index contributed by atoms with van der Waals surface area (Å²) in [4.78, 5) is 4.30. The number of nitrogens with zero attached hydrogens (tertiary/aromatic N) is 1. The molecule has 0 amide bonds. The van der Waals surface area contributed by atoms with E-state index in [0.717, 1.165) is 11.3 Å². The van der Waals surface area contributed by atoms with Crippen molar-refractivity contribution in [1.29, 1.82) is 0 Å². The molecular formula is C13H16FN. The average Bonchev–Trinajstić information content (AvgIpc) is 2.17. The van der Waals surface area contributed by atoms with Crippen LogP contribution in [-0.2, 0) is 0 Å². The van der Waals surface area contributed by atoms with Crippen molar-refractivity contribution in [1.82, 2.24) is 0 Å². The molecule has 0 saturated carbocycles. The number of aliphatic imine (C=N–C) groups is 1. The van der Waals surface area contributed by atoms with Gasteiger partial charge in [0.25, 0.3) is 0 Å². The van der Waals surface area contributed by atoms with Gasteiger partial charge < -0.3 is 0 Å². The first kappa shape index (κ1) is 11.6. The molecular weight excluding hydrogens is 189 g/mol. The zero-order valence-electron chi connectivity index (χ0n) is 9.42. The molecule has 2 heteroatoms. The Morgan fingerprint density at radius 3 is 2.53 bits per heavy atom. The van der Waals surface area contributed by atoms with E-state index >= 15 is 0 Å². The Bertz CT molecular complexity index is 387. The highest BCUT2D eigenvalue weighted by Crippen LogP contribution is 2.10. The van der Waals surface area contributed by atoms with Crippen LogP contribution in [0.2, 0.25) is 0 Å². The number of allylic oxidation sites excluding steroid dienone is 2. The molecule has 0 aromatic heterocycles. The second-order valence-electron chi connectivity index (χ2n) is 3.56. The lowest BCUT2D eigenvalue weighted by Crippen LogP contribution is -2.01. The maximum atomic E-state index is 13.5. The Morgan fingerprint density at radius 1 is 1.33 bits per heavy atom. The van der Waals surface area contributed by atoms with Gasteiger partial charge in [-0.1, -0.05) is 17.7 Å². The first-order valence-corrected chi connectivity index (χ1v) is 5.09. The minimum Gasteiger partial charge on any atom is -0.285 e. The average molecular weight is 205 g/mol. The third kappa shape index (κ3) is 3.31. The molecule has 0 spiro atoms. The van der Waals surface area contributed by atoms with Gasteiger partial charge in [0.15, 0.2) is 0 Å². The van der Waals surface area contributed by atoms with Gasteiger partial charge in [0.05, 0.1) is 5.71 Å². The summed E-state index contributed by atoms with van der Waals surface area (Å²) in [6.07, 6.45) is 1.90. The van der Waals surface area contributed by atoms with Crippen LogP contribution < -0.4 is 0 Å². The van der Waals surface area contributed by atoms with Crippen LogP contribution in [-0.4, -0.2) is 12.3 Å². The van der Waals surface area contributed by atoms with Gasteiger partial charge >= 0.3 is 0 Å². The zero-order valence-corrected chi connectivity index (χ0v) is 9.42. The maximum Gasteiger partial charge on any atom is 0.132 e. The number of hydrogen-bond acceptors (Lipinski definition) is 1. The van der Waals surface area contributed by atoms with Gasteiger partial charge in [0.2, 0.25) is 0 Å². The van der Waals surface area contributed by atoms with Gasteiger partial charge in [-0.3, -0.25) is 4.99 Å². The highest BCUT2D eigenvalue weighted by atomic mass is 19.1. The third-order valence-corrected chi connectivity index (χ3v) is 1.90. The molecule has 15 heavy (non-hydrogen) atoms. The third-order valence-electron chi connectivity index (χ3n) is 1.90. The first-order chi connectivity index (χ1) is 7.15. The SMILES string of the molecule is CCN=C(C=C(C)C)c1ccccc1F. The molecule has 1 nitrogen and oxygen atoms in total. The quantitative estimate of drug-likeness (QED) is 0.668. The zero-order chi connectivity index (χ0) is 11.3. The minimum absolute atomic E-state index is 0.220. The molecule has 1 aromatic carbocycles. The van der Waals surface area contributed by atoms with E-state index in [0.29, 0.717) is 12.1 Å². The van der Waals surface area contributed by atoms with Crippen molar-refractivity contribution in [2.45, 2.75) is 20.8 Å². The second kappa shape index (κ2) is 5.44. The summed E-state index contributed by atoms with van der Waals surface area (Å²) in [7, 11) is 0. The molecule has 0 saturated heterocycles. The van der Waals surface area contributed by atoms with Gasteiger partial charge in [-0.2, -0.15) is 0 Å². The standard InChI is InChI=1S/C13H16FN/c1-4-15-13(9-10(2)3)11-7-5-6-8-12(11)14/h5-9H,4H2,1-3H3. The smallest absolute Gasteiger partial charge is 0.132 e. The summed E-state index contributed by atoms with van der Waals surface area (Å²) in [6, 6.07) is 6.72. The Morgan fingerprint density at radius 2 is 2.00 bits per heavy atom. The maximum absolute atomic E-state index is 13.5. The highest BCUT2D eigenvalue weighted by molar-refractivity contribution is 6.09. The summed E-state index contributed by atoms with van der Waals surface area (Å²) < 4.78 is 13.5. The number of benzene rings is 1. The normalized spacial score (nSPS) is 11.3. The van der Waals surface area contributed by atoms with E-state index < -0.39 is 0 Å². The van der Waals surface area contributed by atoms with Crippen molar-refractivity contribution in [3.8, 4) is 0 Å².